The molecule has 0 radical (unpaired) electrons. The Labute approximate surface area is 159 Å². The van der Waals surface area contributed by atoms with Crippen LogP contribution in [0.4, 0.5) is 4.79 Å². The smallest absolute Gasteiger partial charge is 0.351 e. The van der Waals surface area contributed by atoms with Gasteiger partial charge in [-0.2, -0.15) is 0 Å². The maximum atomic E-state index is 12.3. The Balaban J connectivity index is 2.06. The summed E-state index contributed by atoms with van der Waals surface area (Å²) < 4.78 is 5.14. The average molecular weight is 396 g/mol. The highest BCUT2D eigenvalue weighted by atomic mass is 35.5. The van der Waals surface area contributed by atoms with Crippen molar-refractivity contribution >= 4 is 40.8 Å². The van der Waals surface area contributed by atoms with E-state index in [1.54, 1.807) is 38.1 Å². The molecule has 7 nitrogen and oxygen atoms in total. The van der Waals surface area contributed by atoms with Crippen LogP contribution in [0.2, 0.25) is 5.02 Å². The highest BCUT2D eigenvalue weighted by Gasteiger charge is 2.24. The summed E-state index contributed by atoms with van der Waals surface area (Å²) in [6.45, 7) is 5.17. The van der Waals surface area contributed by atoms with Gasteiger partial charge in [0.15, 0.2) is 6.10 Å². The Morgan fingerprint density at radius 3 is 2.54 bits per heavy atom. The van der Waals surface area contributed by atoms with Crippen LogP contribution in [0.1, 0.15) is 29.2 Å². The molecule has 26 heavy (non-hydrogen) atoms. The number of thiazole rings is 1. The quantitative estimate of drug-likeness (QED) is 0.758. The predicted molar refractivity (Wildman–Crippen MR) is 99.4 cm³/mol. The van der Waals surface area contributed by atoms with Gasteiger partial charge in [0.1, 0.15) is 9.88 Å². The van der Waals surface area contributed by atoms with Crippen LogP contribution in [0.5, 0.6) is 0 Å². The normalized spacial score (nSPS) is 11.5. The van der Waals surface area contributed by atoms with E-state index in [4.69, 9.17) is 16.3 Å². The van der Waals surface area contributed by atoms with Crippen LogP contribution < -0.4 is 10.6 Å². The molecule has 1 atom stereocenters. The fourth-order valence-corrected chi connectivity index (χ4v) is 3.07. The summed E-state index contributed by atoms with van der Waals surface area (Å²) in [4.78, 5) is 40.2. The van der Waals surface area contributed by atoms with Gasteiger partial charge < -0.3 is 10.1 Å². The van der Waals surface area contributed by atoms with E-state index in [1.165, 1.54) is 6.92 Å². The third-order valence-corrected chi connectivity index (χ3v) is 4.74. The van der Waals surface area contributed by atoms with Crippen LogP contribution in [-0.2, 0) is 9.53 Å². The second-order valence-corrected chi connectivity index (χ2v) is 6.77. The Hall–Kier alpha value is -2.45. The summed E-state index contributed by atoms with van der Waals surface area (Å²) in [5.41, 5.74) is 1.32. The highest BCUT2D eigenvalue weighted by molar-refractivity contribution is 7.17. The molecule has 1 aromatic heterocycles. The molecule has 0 spiro atoms. The number of carbonyl (C=O) groups excluding carboxylic acids is 3. The minimum Gasteiger partial charge on any atom is -0.448 e. The molecule has 0 saturated heterocycles. The molecule has 138 valence electrons. The number of nitrogens with zero attached hydrogens (tertiary/aromatic N) is 1. The van der Waals surface area contributed by atoms with E-state index in [0.717, 1.165) is 16.9 Å². The molecule has 0 unspecified atom stereocenters. The second-order valence-electron chi connectivity index (χ2n) is 5.34. The first-order valence-corrected chi connectivity index (χ1v) is 9.04. The number of urea groups is 1. The summed E-state index contributed by atoms with van der Waals surface area (Å²) >= 11 is 7.03. The van der Waals surface area contributed by atoms with E-state index in [-0.39, 0.29) is 0 Å². The number of halogens is 1. The molecule has 0 saturated carbocycles. The zero-order chi connectivity index (χ0) is 19.3. The van der Waals surface area contributed by atoms with E-state index >= 15 is 0 Å². The summed E-state index contributed by atoms with van der Waals surface area (Å²) in [6, 6.07) is 6.44. The molecule has 0 aliphatic rings. The summed E-state index contributed by atoms with van der Waals surface area (Å²) in [5, 5.41) is 5.77. The van der Waals surface area contributed by atoms with Crippen molar-refractivity contribution in [1.82, 2.24) is 15.6 Å². The molecule has 0 aliphatic carbocycles. The van der Waals surface area contributed by atoms with E-state index < -0.39 is 24.0 Å². The van der Waals surface area contributed by atoms with E-state index in [2.05, 4.69) is 15.6 Å². The van der Waals surface area contributed by atoms with Crippen molar-refractivity contribution in [1.29, 1.82) is 0 Å². The fraction of sp³-hybridized carbons (Fsp3) is 0.294. The third-order valence-electron chi connectivity index (χ3n) is 3.30. The SMILES string of the molecule is CCNC(=O)NC(=O)[C@@H](C)OC(=O)c1sc(-c2ccc(Cl)cc2)nc1C. The molecule has 3 amide bonds. The number of aromatic nitrogens is 1. The first-order valence-electron chi connectivity index (χ1n) is 7.84. The average Bonchev–Trinajstić information content (AvgIpc) is 2.97. The molecule has 0 fully saturated rings. The van der Waals surface area contributed by atoms with Crippen molar-refractivity contribution in [3.05, 3.63) is 39.9 Å². The number of nitrogens with one attached hydrogen (secondary N) is 2. The van der Waals surface area contributed by atoms with Crippen LogP contribution in [-0.4, -0.2) is 35.5 Å². The van der Waals surface area contributed by atoms with Crippen molar-refractivity contribution in [3.63, 3.8) is 0 Å². The maximum absolute atomic E-state index is 12.3. The predicted octanol–water partition coefficient (Wildman–Crippen LogP) is 3.16. The van der Waals surface area contributed by atoms with Crippen LogP contribution >= 0.6 is 22.9 Å². The number of hydrogen-bond acceptors (Lipinski definition) is 6. The first-order chi connectivity index (χ1) is 12.3. The van der Waals surface area contributed by atoms with Gasteiger partial charge in [0, 0.05) is 17.1 Å². The molecule has 2 rings (SSSR count). The minimum absolute atomic E-state index is 0.299. The van der Waals surface area contributed by atoms with Gasteiger partial charge in [0.2, 0.25) is 0 Å². The van der Waals surface area contributed by atoms with Gasteiger partial charge in [-0.05, 0) is 32.9 Å². The van der Waals surface area contributed by atoms with Crippen molar-refractivity contribution in [2.45, 2.75) is 26.9 Å². The highest BCUT2D eigenvalue weighted by Crippen LogP contribution is 2.29. The van der Waals surface area contributed by atoms with Gasteiger partial charge in [0.05, 0.1) is 5.69 Å². The Kier molecular flexibility index (Phi) is 6.70. The molecule has 1 heterocycles. The number of aryl methyl sites for hydroxylation is 1. The fourth-order valence-electron chi connectivity index (χ4n) is 1.99. The Morgan fingerprint density at radius 2 is 1.92 bits per heavy atom. The third kappa shape index (κ3) is 5.03. The van der Waals surface area contributed by atoms with E-state index in [1.807, 2.05) is 0 Å². The van der Waals surface area contributed by atoms with Crippen molar-refractivity contribution < 1.29 is 19.1 Å². The molecule has 0 aliphatic heterocycles. The van der Waals surface area contributed by atoms with Crippen LogP contribution in [0.25, 0.3) is 10.6 Å². The van der Waals surface area contributed by atoms with Crippen LogP contribution in [0.3, 0.4) is 0 Å². The van der Waals surface area contributed by atoms with Crippen molar-refractivity contribution in [2.24, 2.45) is 0 Å². The minimum atomic E-state index is -1.12. The zero-order valence-corrected chi connectivity index (χ0v) is 16.0. The van der Waals surface area contributed by atoms with Gasteiger partial charge in [-0.3, -0.25) is 10.1 Å². The number of hydrogen-bond donors (Lipinski definition) is 2. The lowest BCUT2D eigenvalue weighted by Crippen LogP contribution is -2.44. The summed E-state index contributed by atoms with van der Waals surface area (Å²) in [6.07, 6.45) is -1.12. The maximum Gasteiger partial charge on any atom is 0.351 e. The second kappa shape index (κ2) is 8.77. The Morgan fingerprint density at radius 1 is 1.27 bits per heavy atom. The molecular weight excluding hydrogens is 378 g/mol. The molecule has 2 aromatic rings. The van der Waals surface area contributed by atoms with Crippen molar-refractivity contribution in [2.75, 3.05) is 6.54 Å². The number of carbonyl (C=O) groups is 3. The van der Waals surface area contributed by atoms with E-state index in [0.29, 0.717) is 27.1 Å². The molecule has 1 aromatic carbocycles. The lowest BCUT2D eigenvalue weighted by Gasteiger charge is -2.12. The summed E-state index contributed by atoms with van der Waals surface area (Å²) in [5.74, 6) is -1.37. The van der Waals surface area contributed by atoms with Gasteiger partial charge in [-0.15, -0.1) is 11.3 Å². The molecular formula is C17H18ClN3O4S. The van der Waals surface area contributed by atoms with Crippen LogP contribution in [0, 0.1) is 6.92 Å². The number of amides is 3. The lowest BCUT2D eigenvalue weighted by atomic mass is 10.2. The van der Waals surface area contributed by atoms with Gasteiger partial charge >= 0.3 is 12.0 Å². The number of rotatable bonds is 5. The number of ether oxygens (including phenoxy) is 1. The first kappa shape index (κ1) is 19.9. The number of esters is 1. The lowest BCUT2D eigenvalue weighted by molar-refractivity contribution is -0.127. The van der Waals surface area contributed by atoms with Crippen LogP contribution in [0.15, 0.2) is 24.3 Å². The zero-order valence-electron chi connectivity index (χ0n) is 14.5. The monoisotopic (exact) mass is 395 g/mol. The number of imide groups is 1. The molecule has 2 N–H and O–H groups in total. The van der Waals surface area contributed by atoms with Gasteiger partial charge in [0.25, 0.3) is 5.91 Å². The Bertz CT molecular complexity index is 820. The topological polar surface area (TPSA) is 97.4 Å². The standard InChI is InChI=1S/C17H18ClN3O4S/c1-4-19-17(24)21-14(22)10(3)25-16(23)13-9(2)20-15(26-13)11-5-7-12(18)8-6-11/h5-8,10H,4H2,1-3H3,(H2,19,21,22,24)/t10-/m1/s1. The van der Waals surface area contributed by atoms with Gasteiger partial charge in [-0.1, -0.05) is 23.7 Å². The van der Waals surface area contributed by atoms with E-state index in [9.17, 15) is 14.4 Å². The van der Waals surface area contributed by atoms with Crippen molar-refractivity contribution in [3.8, 4) is 10.6 Å². The summed E-state index contributed by atoms with van der Waals surface area (Å²) in [7, 11) is 0. The molecule has 0 bridgehead atoms. The number of benzene rings is 1. The molecule has 9 heteroatoms. The largest absolute Gasteiger partial charge is 0.448 e. The van der Waals surface area contributed by atoms with Gasteiger partial charge in [-0.25, -0.2) is 14.6 Å².